The Hall–Kier alpha value is -2.62. The fourth-order valence-electron chi connectivity index (χ4n) is 1.17. The second-order valence-corrected chi connectivity index (χ2v) is 4.50. The van der Waals surface area contributed by atoms with Crippen molar-refractivity contribution in [2.24, 2.45) is 0 Å². The number of halogens is 4. The lowest BCUT2D eigenvalue weighted by atomic mass is 10.0. The van der Waals surface area contributed by atoms with E-state index in [0.29, 0.717) is 17.2 Å². The number of alkyl halides is 3. The van der Waals surface area contributed by atoms with Crippen LogP contribution in [0.5, 0.6) is 0 Å². The van der Waals surface area contributed by atoms with Crippen LogP contribution in [0.1, 0.15) is 0 Å². The summed E-state index contributed by atoms with van der Waals surface area (Å²) in [5, 5.41) is 0. The SMILES string of the molecule is C=C/C=C\C(=C)C(=C)/C=C(/F)C(=C)C(=C)/C=C\C(=C)C(F)(F)F. The summed E-state index contributed by atoms with van der Waals surface area (Å²) in [6, 6.07) is 0. The minimum atomic E-state index is -4.55. The molecule has 0 amide bonds. The van der Waals surface area contributed by atoms with Gasteiger partial charge in [-0.2, -0.15) is 13.2 Å². The van der Waals surface area contributed by atoms with Crippen molar-refractivity contribution in [1.82, 2.24) is 0 Å². The van der Waals surface area contributed by atoms with Crippen LogP contribution in [-0.2, 0) is 0 Å². The number of allylic oxidation sites excluding steroid dienone is 12. The Morgan fingerprint density at radius 3 is 1.83 bits per heavy atom. The van der Waals surface area contributed by atoms with E-state index < -0.39 is 17.6 Å². The Bertz CT molecular complexity index is 635. The fraction of sp³-hybridized carbons (Fsp3) is 0.0526. The van der Waals surface area contributed by atoms with E-state index >= 15 is 0 Å². The largest absolute Gasteiger partial charge is 0.415 e. The second-order valence-electron chi connectivity index (χ2n) is 4.50. The van der Waals surface area contributed by atoms with Crippen molar-refractivity contribution in [3.05, 3.63) is 110 Å². The second kappa shape index (κ2) is 8.73. The third-order valence-corrected chi connectivity index (χ3v) is 2.67. The monoisotopic (exact) mass is 322 g/mol. The first-order valence-electron chi connectivity index (χ1n) is 6.38. The minimum Gasteiger partial charge on any atom is -0.206 e. The van der Waals surface area contributed by atoms with Crippen molar-refractivity contribution in [1.29, 1.82) is 0 Å². The Kier molecular flexibility index (Phi) is 7.74. The van der Waals surface area contributed by atoms with Crippen LogP contribution in [0.15, 0.2) is 110 Å². The molecule has 0 unspecified atom stereocenters. The molecule has 122 valence electrons. The molecule has 0 spiro atoms. The highest BCUT2D eigenvalue weighted by molar-refractivity contribution is 5.52. The van der Waals surface area contributed by atoms with Gasteiger partial charge in [-0.25, -0.2) is 4.39 Å². The molecule has 0 aromatic carbocycles. The topological polar surface area (TPSA) is 0 Å². The molecular weight excluding hydrogens is 304 g/mol. The molecule has 0 radical (unpaired) electrons. The van der Waals surface area contributed by atoms with E-state index in [1.165, 1.54) is 6.08 Å². The molecule has 0 bridgehead atoms. The maximum Gasteiger partial charge on any atom is 0.415 e. The third kappa shape index (κ3) is 7.27. The first-order chi connectivity index (χ1) is 10.5. The highest BCUT2D eigenvalue weighted by Gasteiger charge is 2.29. The lowest BCUT2D eigenvalue weighted by Gasteiger charge is -2.07. The van der Waals surface area contributed by atoms with E-state index in [9.17, 15) is 17.6 Å². The summed E-state index contributed by atoms with van der Waals surface area (Å²) in [4.78, 5) is 0. The Balaban J connectivity index is 5.02. The van der Waals surface area contributed by atoms with Gasteiger partial charge >= 0.3 is 6.18 Å². The van der Waals surface area contributed by atoms with Crippen LogP contribution in [0.3, 0.4) is 0 Å². The molecule has 0 saturated heterocycles. The lowest BCUT2D eigenvalue weighted by Crippen LogP contribution is -2.08. The van der Waals surface area contributed by atoms with Gasteiger partial charge < -0.3 is 0 Å². The summed E-state index contributed by atoms with van der Waals surface area (Å²) in [6.45, 7) is 20.6. The van der Waals surface area contributed by atoms with E-state index in [2.05, 4.69) is 39.5 Å². The highest BCUT2D eigenvalue weighted by Crippen LogP contribution is 2.27. The van der Waals surface area contributed by atoms with Gasteiger partial charge in [0.2, 0.25) is 0 Å². The average molecular weight is 322 g/mol. The molecule has 0 aliphatic heterocycles. The van der Waals surface area contributed by atoms with Crippen molar-refractivity contribution >= 4 is 0 Å². The molecule has 4 heteroatoms. The Labute approximate surface area is 134 Å². The van der Waals surface area contributed by atoms with E-state index in [4.69, 9.17) is 0 Å². The van der Waals surface area contributed by atoms with Crippen LogP contribution in [0, 0.1) is 0 Å². The van der Waals surface area contributed by atoms with Crippen LogP contribution < -0.4 is 0 Å². The van der Waals surface area contributed by atoms with Gasteiger partial charge in [-0.05, 0) is 22.8 Å². The van der Waals surface area contributed by atoms with Gasteiger partial charge in [0, 0.05) is 11.1 Å². The molecule has 0 fully saturated rings. The normalized spacial score (nSPS) is 12.4. The van der Waals surface area contributed by atoms with Crippen molar-refractivity contribution < 1.29 is 17.6 Å². The molecule has 23 heavy (non-hydrogen) atoms. The van der Waals surface area contributed by atoms with Crippen molar-refractivity contribution in [2.45, 2.75) is 6.18 Å². The van der Waals surface area contributed by atoms with E-state index in [0.717, 1.165) is 12.2 Å². The Morgan fingerprint density at radius 2 is 1.35 bits per heavy atom. The summed E-state index contributed by atoms with van der Waals surface area (Å²) in [6.07, 6.45) is 2.97. The van der Waals surface area contributed by atoms with Gasteiger partial charge in [-0.3, -0.25) is 0 Å². The van der Waals surface area contributed by atoms with Crippen LogP contribution in [0.25, 0.3) is 0 Å². The zero-order valence-electron chi connectivity index (χ0n) is 12.7. The van der Waals surface area contributed by atoms with Crippen LogP contribution >= 0.6 is 0 Å². The predicted molar refractivity (Wildman–Crippen MR) is 89.4 cm³/mol. The van der Waals surface area contributed by atoms with Crippen molar-refractivity contribution in [2.75, 3.05) is 0 Å². The zero-order valence-corrected chi connectivity index (χ0v) is 12.7. The van der Waals surface area contributed by atoms with Crippen LogP contribution in [-0.4, -0.2) is 6.18 Å². The van der Waals surface area contributed by atoms with Gasteiger partial charge in [-0.15, -0.1) is 0 Å². The first-order valence-corrected chi connectivity index (χ1v) is 6.38. The van der Waals surface area contributed by atoms with E-state index in [1.807, 2.05) is 0 Å². The molecular formula is C19H18F4. The lowest BCUT2D eigenvalue weighted by molar-refractivity contribution is -0.0878. The van der Waals surface area contributed by atoms with Gasteiger partial charge in [0.05, 0.1) is 0 Å². The number of rotatable bonds is 8. The van der Waals surface area contributed by atoms with Gasteiger partial charge in [0.1, 0.15) is 5.83 Å². The number of hydrogen-bond donors (Lipinski definition) is 0. The summed E-state index contributed by atoms with van der Waals surface area (Å²) >= 11 is 0. The standard InChI is InChI=1S/C19H18F4/c1-7-8-9-13(2)15(4)12-18(20)17(6)14(3)10-11-16(5)19(21,22)23/h7-12H,1-6H2/b9-8-,11-10-,18-12+. The summed E-state index contributed by atoms with van der Waals surface area (Å²) in [7, 11) is 0. The van der Waals surface area contributed by atoms with E-state index in [1.54, 1.807) is 12.2 Å². The molecule has 0 heterocycles. The van der Waals surface area contributed by atoms with Crippen molar-refractivity contribution in [3.63, 3.8) is 0 Å². The molecule has 0 rings (SSSR count). The first kappa shape index (κ1) is 20.4. The minimum absolute atomic E-state index is 0.0100. The molecule has 0 aliphatic carbocycles. The van der Waals surface area contributed by atoms with Crippen molar-refractivity contribution in [3.8, 4) is 0 Å². The summed E-state index contributed by atoms with van der Waals surface area (Å²) in [5.74, 6) is -0.768. The fourth-order valence-corrected chi connectivity index (χ4v) is 1.17. The molecule has 0 nitrogen and oxygen atoms in total. The molecule has 0 aromatic heterocycles. The van der Waals surface area contributed by atoms with E-state index in [-0.39, 0.29) is 11.1 Å². The maximum atomic E-state index is 14.0. The maximum absolute atomic E-state index is 14.0. The molecule has 0 atom stereocenters. The molecule has 0 N–H and O–H groups in total. The third-order valence-electron chi connectivity index (χ3n) is 2.67. The van der Waals surface area contributed by atoms with Gasteiger partial charge in [0.15, 0.2) is 0 Å². The van der Waals surface area contributed by atoms with Gasteiger partial charge in [0.25, 0.3) is 0 Å². The Morgan fingerprint density at radius 1 is 0.783 bits per heavy atom. The van der Waals surface area contributed by atoms with Gasteiger partial charge in [-0.1, -0.05) is 69.9 Å². The highest BCUT2D eigenvalue weighted by atomic mass is 19.4. The van der Waals surface area contributed by atoms with Crippen LogP contribution in [0.2, 0.25) is 0 Å². The predicted octanol–water partition coefficient (Wildman–Crippen LogP) is 6.48. The summed E-state index contributed by atoms with van der Waals surface area (Å²) < 4.78 is 50.9. The number of hydrogen-bond acceptors (Lipinski definition) is 0. The molecule has 0 aliphatic rings. The smallest absolute Gasteiger partial charge is 0.206 e. The average Bonchev–Trinajstić information content (AvgIpc) is 2.47. The quantitative estimate of drug-likeness (QED) is 0.354. The summed E-state index contributed by atoms with van der Waals surface area (Å²) in [5.41, 5.74) is -0.483. The zero-order chi connectivity index (χ0) is 18.2. The van der Waals surface area contributed by atoms with Crippen LogP contribution in [0.4, 0.5) is 17.6 Å². The molecule has 0 aromatic rings. The molecule has 0 saturated carbocycles.